The largest absolute Gasteiger partial charge is 0.338 e. The molecule has 0 aliphatic rings. The highest BCUT2D eigenvalue weighted by molar-refractivity contribution is 5.94. The summed E-state index contributed by atoms with van der Waals surface area (Å²) in [5, 5.41) is 8.69. The first kappa shape index (κ1) is 21.5. The number of benzene rings is 1. The van der Waals surface area contributed by atoms with E-state index < -0.39 is 29.1 Å². The van der Waals surface area contributed by atoms with Crippen LogP contribution in [0, 0.1) is 11.6 Å². The molecule has 0 radical (unpaired) electrons. The Hall–Kier alpha value is -2.81. The fraction of sp³-hybridized carbons (Fsp3) is 0.421. The van der Waals surface area contributed by atoms with E-state index in [0.29, 0.717) is 12.2 Å². The molecule has 0 saturated carbocycles. The van der Waals surface area contributed by atoms with Gasteiger partial charge in [0.05, 0.1) is 18.8 Å². The molecule has 0 fully saturated rings. The van der Waals surface area contributed by atoms with Gasteiger partial charge in [-0.15, -0.1) is 0 Å². The first-order chi connectivity index (χ1) is 13.1. The van der Waals surface area contributed by atoms with Crippen LogP contribution in [0.15, 0.2) is 28.8 Å². The number of hydrogen-bond acceptors (Lipinski definition) is 5. The van der Waals surface area contributed by atoms with Gasteiger partial charge in [0.2, 0.25) is 17.7 Å². The zero-order chi connectivity index (χ0) is 20.9. The quantitative estimate of drug-likeness (QED) is 0.753. The lowest BCUT2D eigenvalue weighted by Crippen LogP contribution is -2.38. The van der Waals surface area contributed by atoms with Gasteiger partial charge in [-0.25, -0.2) is 8.78 Å². The molecular formula is C19H24F2N4O3. The number of hydrogen-bond donors (Lipinski definition) is 2. The standard InChI is InChI=1S/C19H24F2N4O3/c1-5-25(11-16(27)23-18-12(20)7-6-8-13(18)21)10-15(26)22-17-9-14(24-28-17)19(2,3)4/h6-9H,5,10-11H2,1-4H3,(H,22,26)(H,23,27). The Bertz CT molecular complexity index is 826. The monoisotopic (exact) mass is 394 g/mol. The highest BCUT2D eigenvalue weighted by Gasteiger charge is 2.21. The van der Waals surface area contributed by atoms with Gasteiger partial charge in [0.25, 0.3) is 0 Å². The van der Waals surface area contributed by atoms with Gasteiger partial charge in [-0.3, -0.25) is 19.8 Å². The summed E-state index contributed by atoms with van der Waals surface area (Å²) in [4.78, 5) is 25.8. The Kier molecular flexibility index (Phi) is 6.85. The lowest BCUT2D eigenvalue weighted by atomic mass is 9.92. The van der Waals surface area contributed by atoms with Crippen molar-refractivity contribution >= 4 is 23.4 Å². The van der Waals surface area contributed by atoms with Crippen molar-refractivity contribution in [3.8, 4) is 0 Å². The van der Waals surface area contributed by atoms with Crippen molar-refractivity contribution in [3.63, 3.8) is 0 Å². The van der Waals surface area contributed by atoms with Crippen LogP contribution < -0.4 is 10.6 Å². The van der Waals surface area contributed by atoms with Crippen LogP contribution in [0.25, 0.3) is 0 Å². The lowest BCUT2D eigenvalue weighted by molar-refractivity contribution is -0.120. The predicted molar refractivity (Wildman–Crippen MR) is 101 cm³/mol. The number of anilines is 2. The number of amides is 2. The molecule has 1 aromatic heterocycles. The summed E-state index contributed by atoms with van der Waals surface area (Å²) in [6.07, 6.45) is 0. The van der Waals surface area contributed by atoms with E-state index in [0.717, 1.165) is 12.1 Å². The van der Waals surface area contributed by atoms with E-state index >= 15 is 0 Å². The van der Waals surface area contributed by atoms with Crippen LogP contribution in [-0.2, 0) is 15.0 Å². The minimum atomic E-state index is -0.867. The average Bonchev–Trinajstić information content (AvgIpc) is 3.06. The molecule has 0 aliphatic heterocycles. The minimum absolute atomic E-state index is 0.102. The Morgan fingerprint density at radius 3 is 2.18 bits per heavy atom. The van der Waals surface area contributed by atoms with Gasteiger partial charge >= 0.3 is 0 Å². The third-order valence-electron chi connectivity index (χ3n) is 3.95. The summed E-state index contributed by atoms with van der Waals surface area (Å²) in [6.45, 7) is 7.72. The summed E-state index contributed by atoms with van der Waals surface area (Å²) in [6, 6.07) is 4.94. The average molecular weight is 394 g/mol. The maximum absolute atomic E-state index is 13.6. The molecule has 152 valence electrons. The molecule has 9 heteroatoms. The SMILES string of the molecule is CCN(CC(=O)Nc1cc(C(C)(C)C)no1)CC(=O)Nc1c(F)cccc1F. The molecule has 2 N–H and O–H groups in total. The van der Waals surface area contributed by atoms with Crippen LogP contribution in [0.1, 0.15) is 33.4 Å². The molecule has 0 spiro atoms. The predicted octanol–water partition coefficient (Wildman–Crippen LogP) is 3.15. The maximum Gasteiger partial charge on any atom is 0.240 e. The third kappa shape index (κ3) is 5.85. The van der Waals surface area contributed by atoms with Crippen molar-refractivity contribution in [3.05, 3.63) is 41.6 Å². The number of carbonyl (C=O) groups is 2. The number of halogens is 2. The molecule has 0 saturated heterocycles. The van der Waals surface area contributed by atoms with E-state index in [1.807, 2.05) is 20.8 Å². The number of nitrogens with one attached hydrogen (secondary N) is 2. The van der Waals surface area contributed by atoms with E-state index in [9.17, 15) is 18.4 Å². The Balaban J connectivity index is 1.91. The first-order valence-corrected chi connectivity index (χ1v) is 8.83. The molecule has 2 amide bonds. The van der Waals surface area contributed by atoms with Crippen molar-refractivity contribution in [1.82, 2.24) is 10.1 Å². The molecule has 2 aromatic rings. The fourth-order valence-electron chi connectivity index (χ4n) is 2.35. The van der Waals surface area contributed by atoms with Crippen LogP contribution in [0.4, 0.5) is 20.4 Å². The number of likely N-dealkylation sites (N-methyl/N-ethyl adjacent to an activating group) is 1. The van der Waals surface area contributed by atoms with E-state index in [4.69, 9.17) is 4.52 Å². The van der Waals surface area contributed by atoms with Crippen molar-refractivity contribution in [2.45, 2.75) is 33.1 Å². The fourth-order valence-corrected chi connectivity index (χ4v) is 2.35. The molecule has 1 aromatic carbocycles. The highest BCUT2D eigenvalue weighted by Crippen LogP contribution is 2.23. The smallest absolute Gasteiger partial charge is 0.240 e. The van der Waals surface area contributed by atoms with Crippen LogP contribution in [0.2, 0.25) is 0 Å². The summed E-state index contributed by atoms with van der Waals surface area (Å²) < 4.78 is 32.3. The normalized spacial score (nSPS) is 11.5. The second-order valence-corrected chi connectivity index (χ2v) is 7.32. The molecule has 0 bridgehead atoms. The summed E-state index contributed by atoms with van der Waals surface area (Å²) >= 11 is 0. The first-order valence-electron chi connectivity index (χ1n) is 8.83. The Morgan fingerprint density at radius 2 is 1.68 bits per heavy atom. The van der Waals surface area contributed by atoms with Crippen molar-refractivity contribution in [2.75, 3.05) is 30.3 Å². The number of carbonyl (C=O) groups excluding carboxylic acids is 2. The molecule has 7 nitrogen and oxygen atoms in total. The Labute approximate surface area is 162 Å². The maximum atomic E-state index is 13.6. The van der Waals surface area contributed by atoms with Crippen LogP contribution in [0.3, 0.4) is 0 Å². The summed E-state index contributed by atoms with van der Waals surface area (Å²) in [5.74, 6) is -2.55. The van der Waals surface area contributed by atoms with Crippen molar-refractivity contribution < 1.29 is 22.9 Å². The van der Waals surface area contributed by atoms with Crippen LogP contribution >= 0.6 is 0 Å². The lowest BCUT2D eigenvalue weighted by Gasteiger charge is -2.19. The van der Waals surface area contributed by atoms with Gasteiger partial charge in [0.1, 0.15) is 17.3 Å². The molecule has 0 unspecified atom stereocenters. The number of aromatic nitrogens is 1. The third-order valence-corrected chi connectivity index (χ3v) is 3.95. The highest BCUT2D eigenvalue weighted by atomic mass is 19.1. The molecular weight excluding hydrogens is 370 g/mol. The van der Waals surface area contributed by atoms with Gasteiger partial charge < -0.3 is 9.84 Å². The molecule has 0 atom stereocenters. The molecule has 2 rings (SSSR count). The summed E-state index contributed by atoms with van der Waals surface area (Å²) in [7, 11) is 0. The van der Waals surface area contributed by atoms with Crippen LogP contribution in [0.5, 0.6) is 0 Å². The second-order valence-electron chi connectivity index (χ2n) is 7.32. The van der Waals surface area contributed by atoms with Crippen molar-refractivity contribution in [2.24, 2.45) is 0 Å². The van der Waals surface area contributed by atoms with E-state index in [-0.39, 0.29) is 24.4 Å². The van der Waals surface area contributed by atoms with Gasteiger partial charge in [0.15, 0.2) is 0 Å². The molecule has 28 heavy (non-hydrogen) atoms. The van der Waals surface area contributed by atoms with E-state index in [1.165, 1.54) is 11.0 Å². The van der Waals surface area contributed by atoms with Gasteiger partial charge in [0, 0.05) is 11.5 Å². The van der Waals surface area contributed by atoms with Crippen molar-refractivity contribution in [1.29, 1.82) is 0 Å². The molecule has 0 aliphatic carbocycles. The zero-order valence-electron chi connectivity index (χ0n) is 16.3. The van der Waals surface area contributed by atoms with Gasteiger partial charge in [-0.2, -0.15) is 0 Å². The number of para-hydroxylation sites is 1. The van der Waals surface area contributed by atoms with Gasteiger partial charge in [-0.05, 0) is 18.7 Å². The zero-order valence-corrected chi connectivity index (χ0v) is 16.3. The second kappa shape index (κ2) is 8.92. The summed E-state index contributed by atoms with van der Waals surface area (Å²) in [5.41, 5.74) is -0.0343. The van der Waals surface area contributed by atoms with E-state index in [1.54, 1.807) is 13.0 Å². The Morgan fingerprint density at radius 1 is 1.11 bits per heavy atom. The van der Waals surface area contributed by atoms with E-state index in [2.05, 4.69) is 15.8 Å². The number of nitrogens with zero attached hydrogens (tertiary/aromatic N) is 2. The topological polar surface area (TPSA) is 87.5 Å². The van der Waals surface area contributed by atoms with Crippen LogP contribution in [-0.4, -0.2) is 41.5 Å². The van der Waals surface area contributed by atoms with Gasteiger partial charge in [-0.1, -0.05) is 38.9 Å². The number of rotatable bonds is 7. The molecule has 1 heterocycles. The minimum Gasteiger partial charge on any atom is -0.338 e.